The molecule has 0 saturated heterocycles. The highest BCUT2D eigenvalue weighted by atomic mass is 19.4. The van der Waals surface area contributed by atoms with Gasteiger partial charge in [0.05, 0.1) is 12.7 Å². The Morgan fingerprint density at radius 3 is 1.73 bits per heavy atom. The normalized spacial score (nSPS) is 26.0. The molecule has 30 heavy (non-hydrogen) atoms. The zero-order chi connectivity index (χ0) is 23.4. The summed E-state index contributed by atoms with van der Waals surface area (Å²) >= 11 is 0. The van der Waals surface area contributed by atoms with Gasteiger partial charge in [0.15, 0.2) is 0 Å². The summed E-state index contributed by atoms with van der Waals surface area (Å²) in [6, 6.07) is 4.04. The molecule has 1 fully saturated rings. The largest absolute Gasteiger partial charge is 0.494 e. The standard InChI is InChI=1S/C17H15F11O2/c1-2-6-30-10-5-3-4-9(7-10)11(29)8-12(18)13(19,20)15(23,24)17(27,28)16(25,26)14(12,21)22/h3-5,7,11,29H,2,6,8H2,1H3. The molecular formula is C17H15F11O2. The average Bonchev–Trinajstić information content (AvgIpc) is 2.64. The van der Waals surface area contributed by atoms with Crippen molar-refractivity contribution in [3.8, 4) is 5.75 Å². The third-order valence-electron chi connectivity index (χ3n) is 4.76. The SMILES string of the molecule is CCCOc1cccc(C(O)CC2(F)C(F)(F)C(F)(F)C(F)(F)C(F)(F)C2(F)F)c1. The monoisotopic (exact) mass is 460 g/mol. The number of aliphatic hydroxyl groups excluding tert-OH is 1. The van der Waals surface area contributed by atoms with E-state index >= 15 is 0 Å². The van der Waals surface area contributed by atoms with Crippen molar-refractivity contribution >= 4 is 0 Å². The molecule has 0 radical (unpaired) electrons. The maximum Gasteiger partial charge on any atom is 0.384 e. The summed E-state index contributed by atoms with van der Waals surface area (Å²) in [4.78, 5) is 0. The van der Waals surface area contributed by atoms with Crippen LogP contribution in [0.15, 0.2) is 24.3 Å². The van der Waals surface area contributed by atoms with Gasteiger partial charge in [-0.25, -0.2) is 4.39 Å². The van der Waals surface area contributed by atoms with Crippen LogP contribution in [0.4, 0.5) is 48.3 Å². The number of halogens is 11. The number of hydrogen-bond donors (Lipinski definition) is 1. The average molecular weight is 460 g/mol. The number of alkyl halides is 11. The smallest absolute Gasteiger partial charge is 0.384 e. The second kappa shape index (κ2) is 7.13. The predicted molar refractivity (Wildman–Crippen MR) is 80.4 cm³/mol. The lowest BCUT2D eigenvalue weighted by molar-refractivity contribution is -0.487. The first-order valence-corrected chi connectivity index (χ1v) is 8.41. The minimum atomic E-state index is -7.28. The van der Waals surface area contributed by atoms with Crippen LogP contribution in [0.5, 0.6) is 5.75 Å². The minimum absolute atomic E-state index is 0.0642. The Hall–Kier alpha value is -1.79. The van der Waals surface area contributed by atoms with Gasteiger partial charge >= 0.3 is 29.6 Å². The van der Waals surface area contributed by atoms with Crippen molar-refractivity contribution in [2.45, 2.75) is 61.2 Å². The van der Waals surface area contributed by atoms with E-state index in [0.717, 1.165) is 18.2 Å². The van der Waals surface area contributed by atoms with Gasteiger partial charge in [-0.2, -0.15) is 43.9 Å². The van der Waals surface area contributed by atoms with E-state index in [2.05, 4.69) is 0 Å². The van der Waals surface area contributed by atoms with Crippen molar-refractivity contribution in [1.82, 2.24) is 0 Å². The molecule has 2 nitrogen and oxygen atoms in total. The first-order valence-electron chi connectivity index (χ1n) is 8.41. The summed E-state index contributed by atoms with van der Waals surface area (Å²) in [6.45, 7) is 1.80. The van der Waals surface area contributed by atoms with E-state index in [-0.39, 0.29) is 12.4 Å². The number of benzene rings is 1. The first-order chi connectivity index (χ1) is 13.4. The Labute approximate surface area is 162 Å². The van der Waals surface area contributed by atoms with Crippen LogP contribution in [0.1, 0.15) is 31.4 Å². The molecule has 1 aromatic rings. The molecule has 13 heteroatoms. The van der Waals surface area contributed by atoms with Crippen LogP contribution >= 0.6 is 0 Å². The first kappa shape index (κ1) is 24.5. The van der Waals surface area contributed by atoms with Crippen LogP contribution < -0.4 is 4.74 Å². The van der Waals surface area contributed by atoms with Crippen LogP contribution in [-0.2, 0) is 0 Å². The van der Waals surface area contributed by atoms with Gasteiger partial charge in [-0.15, -0.1) is 0 Å². The number of aliphatic hydroxyl groups is 1. The molecule has 0 aromatic heterocycles. The highest BCUT2D eigenvalue weighted by Gasteiger charge is 3.00. The van der Waals surface area contributed by atoms with Gasteiger partial charge in [0.2, 0.25) is 0 Å². The molecule has 0 spiro atoms. The summed E-state index contributed by atoms with van der Waals surface area (Å²) < 4.78 is 156. The van der Waals surface area contributed by atoms with Crippen molar-refractivity contribution in [3.05, 3.63) is 29.8 Å². The Morgan fingerprint density at radius 2 is 1.27 bits per heavy atom. The lowest BCUT2D eigenvalue weighted by atomic mass is 9.69. The maximum atomic E-state index is 14.7. The topological polar surface area (TPSA) is 29.5 Å². The molecular weight excluding hydrogens is 445 g/mol. The number of hydrogen-bond acceptors (Lipinski definition) is 2. The zero-order valence-electron chi connectivity index (χ0n) is 15.0. The Bertz CT molecular complexity index is 749. The molecule has 172 valence electrons. The second-order valence-corrected chi connectivity index (χ2v) is 6.81. The summed E-state index contributed by atoms with van der Waals surface area (Å²) in [7, 11) is 0. The quantitative estimate of drug-likeness (QED) is 0.544. The van der Waals surface area contributed by atoms with Crippen LogP contribution in [-0.4, -0.2) is 47.0 Å². The highest BCUT2D eigenvalue weighted by Crippen LogP contribution is 2.70. The molecule has 0 bridgehead atoms. The second-order valence-electron chi connectivity index (χ2n) is 6.81. The fourth-order valence-electron chi connectivity index (χ4n) is 2.96. The zero-order valence-corrected chi connectivity index (χ0v) is 15.0. The molecule has 0 amide bonds. The van der Waals surface area contributed by atoms with Gasteiger partial charge in [-0.05, 0) is 24.1 Å². The molecule has 0 aliphatic heterocycles. The van der Waals surface area contributed by atoms with Gasteiger partial charge in [0.25, 0.3) is 5.67 Å². The molecule has 1 saturated carbocycles. The van der Waals surface area contributed by atoms with Crippen molar-refractivity contribution in [1.29, 1.82) is 0 Å². The van der Waals surface area contributed by atoms with Crippen LogP contribution in [0, 0.1) is 0 Å². The van der Waals surface area contributed by atoms with Crippen molar-refractivity contribution in [2.75, 3.05) is 6.61 Å². The molecule has 1 atom stereocenters. The van der Waals surface area contributed by atoms with Crippen molar-refractivity contribution in [3.63, 3.8) is 0 Å². The van der Waals surface area contributed by atoms with E-state index in [4.69, 9.17) is 4.74 Å². The van der Waals surface area contributed by atoms with E-state index in [1.165, 1.54) is 6.07 Å². The third-order valence-corrected chi connectivity index (χ3v) is 4.76. The minimum Gasteiger partial charge on any atom is -0.494 e. The fraction of sp³-hybridized carbons (Fsp3) is 0.647. The van der Waals surface area contributed by atoms with E-state index in [1.54, 1.807) is 6.92 Å². The molecule has 1 unspecified atom stereocenters. The summed E-state index contributed by atoms with van der Waals surface area (Å²) in [5.74, 6) is -35.7. The number of rotatable bonds is 6. The summed E-state index contributed by atoms with van der Waals surface area (Å²) in [5, 5.41) is 9.88. The van der Waals surface area contributed by atoms with E-state index in [0.29, 0.717) is 6.42 Å². The molecule has 1 aromatic carbocycles. The maximum absolute atomic E-state index is 14.7. The fourth-order valence-corrected chi connectivity index (χ4v) is 2.96. The van der Waals surface area contributed by atoms with Crippen LogP contribution in [0.2, 0.25) is 0 Å². The van der Waals surface area contributed by atoms with Gasteiger partial charge < -0.3 is 9.84 Å². The van der Waals surface area contributed by atoms with E-state index < -0.39 is 53.4 Å². The van der Waals surface area contributed by atoms with Gasteiger partial charge in [-0.1, -0.05) is 19.1 Å². The predicted octanol–water partition coefficient (Wildman–Crippen LogP) is 5.80. The van der Waals surface area contributed by atoms with Gasteiger partial charge in [0.1, 0.15) is 5.75 Å². The molecule has 0 heterocycles. The Balaban J connectivity index is 2.53. The van der Waals surface area contributed by atoms with E-state index in [1.807, 2.05) is 0 Å². The summed E-state index contributed by atoms with van der Waals surface area (Å²) in [6.07, 6.45) is -5.02. The lowest BCUT2D eigenvalue weighted by Gasteiger charge is -2.52. The molecule has 1 aliphatic carbocycles. The van der Waals surface area contributed by atoms with Crippen LogP contribution in [0.25, 0.3) is 0 Å². The van der Waals surface area contributed by atoms with Crippen molar-refractivity contribution in [2.24, 2.45) is 0 Å². The highest BCUT2D eigenvalue weighted by molar-refractivity contribution is 5.32. The van der Waals surface area contributed by atoms with E-state index in [9.17, 15) is 53.4 Å². The Kier molecular flexibility index (Phi) is 5.82. The molecule has 1 N–H and O–H groups in total. The lowest BCUT2D eigenvalue weighted by Crippen LogP contribution is -2.83. The van der Waals surface area contributed by atoms with Crippen molar-refractivity contribution < 1.29 is 58.1 Å². The molecule has 1 aliphatic rings. The van der Waals surface area contributed by atoms with Gasteiger partial charge in [0, 0.05) is 6.42 Å². The molecule has 2 rings (SSSR count). The summed E-state index contributed by atoms with van der Waals surface area (Å²) in [5.41, 5.74) is -6.86. The Morgan fingerprint density at radius 1 is 0.800 bits per heavy atom. The van der Waals surface area contributed by atoms with Crippen LogP contribution in [0.3, 0.4) is 0 Å². The van der Waals surface area contributed by atoms with Gasteiger partial charge in [-0.3, -0.25) is 0 Å². The third kappa shape index (κ3) is 2.94. The number of ether oxygens (including phenoxy) is 1.